The zero-order valence-corrected chi connectivity index (χ0v) is 15.1. The summed E-state index contributed by atoms with van der Waals surface area (Å²) in [6.07, 6.45) is 4.42. The first kappa shape index (κ1) is 19.9. The Morgan fingerprint density at radius 1 is 1.22 bits per heavy atom. The number of rotatable bonds is 5. The zero-order valence-electron chi connectivity index (χ0n) is 14.3. The summed E-state index contributed by atoms with van der Waals surface area (Å²) in [7, 11) is 3.68. The molecule has 2 N–H and O–H groups in total. The van der Waals surface area contributed by atoms with Gasteiger partial charge in [0.15, 0.2) is 0 Å². The van der Waals surface area contributed by atoms with E-state index in [2.05, 4.69) is 0 Å². The van der Waals surface area contributed by atoms with E-state index in [0.29, 0.717) is 12.1 Å². The molecule has 1 aliphatic rings. The fourth-order valence-electron chi connectivity index (χ4n) is 3.29. The van der Waals surface area contributed by atoms with Gasteiger partial charge in [0.25, 0.3) is 0 Å². The molecule has 2 atom stereocenters. The van der Waals surface area contributed by atoms with E-state index >= 15 is 0 Å². The molecule has 0 bridgehead atoms. The molecule has 1 aromatic carbocycles. The third-order valence-electron chi connectivity index (χ3n) is 4.99. The number of amides is 1. The average molecular weight is 341 g/mol. The normalized spacial score (nSPS) is 23.5. The molecule has 1 aromatic rings. The first-order valence-corrected chi connectivity index (χ1v) is 8.14. The summed E-state index contributed by atoms with van der Waals surface area (Å²) >= 11 is 0. The molecule has 1 saturated carbocycles. The van der Waals surface area contributed by atoms with Crippen LogP contribution in [0.15, 0.2) is 30.3 Å². The van der Waals surface area contributed by atoms with Crippen LogP contribution in [0.5, 0.6) is 0 Å². The number of methoxy groups -OCH3 is 1. The molecule has 5 heteroatoms. The number of ether oxygens (including phenoxy) is 1. The maximum absolute atomic E-state index is 12.7. The Morgan fingerprint density at radius 3 is 2.30 bits per heavy atom. The fraction of sp³-hybridized carbons (Fsp3) is 0.611. The van der Waals surface area contributed by atoms with Gasteiger partial charge in [-0.05, 0) is 31.2 Å². The van der Waals surface area contributed by atoms with E-state index in [1.807, 2.05) is 49.2 Å². The second kappa shape index (κ2) is 9.26. The lowest BCUT2D eigenvalue weighted by Crippen LogP contribution is -2.44. The molecule has 1 fully saturated rings. The Labute approximate surface area is 145 Å². The lowest BCUT2D eigenvalue weighted by atomic mass is 9.89. The molecule has 1 amide bonds. The number of hydrogen-bond acceptors (Lipinski definition) is 3. The van der Waals surface area contributed by atoms with Gasteiger partial charge in [0.1, 0.15) is 0 Å². The van der Waals surface area contributed by atoms with Gasteiger partial charge in [-0.15, -0.1) is 12.4 Å². The predicted octanol–water partition coefficient (Wildman–Crippen LogP) is 3.16. The third-order valence-corrected chi connectivity index (χ3v) is 4.99. The van der Waals surface area contributed by atoms with Crippen LogP contribution < -0.4 is 5.73 Å². The number of nitrogens with two attached hydrogens (primary N) is 1. The van der Waals surface area contributed by atoms with Gasteiger partial charge in [-0.1, -0.05) is 37.3 Å². The minimum atomic E-state index is -0.258. The van der Waals surface area contributed by atoms with Crippen LogP contribution in [-0.4, -0.2) is 37.1 Å². The fourth-order valence-corrected chi connectivity index (χ4v) is 3.29. The van der Waals surface area contributed by atoms with Crippen LogP contribution in [0.1, 0.15) is 44.2 Å². The Bertz CT molecular complexity index is 475. The molecule has 130 valence electrons. The second-order valence-electron chi connectivity index (χ2n) is 6.34. The average Bonchev–Trinajstić information content (AvgIpc) is 2.60. The van der Waals surface area contributed by atoms with Crippen molar-refractivity contribution in [3.05, 3.63) is 35.9 Å². The van der Waals surface area contributed by atoms with Crippen molar-refractivity contribution in [3.63, 3.8) is 0 Å². The molecule has 0 saturated heterocycles. The van der Waals surface area contributed by atoms with Crippen molar-refractivity contribution in [1.29, 1.82) is 0 Å². The highest BCUT2D eigenvalue weighted by atomic mass is 35.5. The quantitative estimate of drug-likeness (QED) is 0.895. The summed E-state index contributed by atoms with van der Waals surface area (Å²) in [4.78, 5) is 14.6. The molecule has 0 aromatic heterocycles. The predicted molar refractivity (Wildman–Crippen MR) is 95.6 cm³/mol. The largest absolute Gasteiger partial charge is 0.381 e. The van der Waals surface area contributed by atoms with E-state index in [0.717, 1.165) is 31.2 Å². The van der Waals surface area contributed by atoms with E-state index < -0.39 is 0 Å². The standard InChI is InChI=1S/C18H28N2O2.ClH/c1-13(17(19)14-7-5-4-6-8-14)18(21)20(2)15-9-11-16(22-3)12-10-15;/h4-8,13,15-17H,9-12,19H2,1-3H3;1H. The monoisotopic (exact) mass is 340 g/mol. The maximum atomic E-state index is 12.7. The number of hydrogen-bond donors (Lipinski definition) is 1. The molecule has 23 heavy (non-hydrogen) atoms. The Balaban J connectivity index is 0.00000264. The summed E-state index contributed by atoms with van der Waals surface area (Å²) in [5.74, 6) is -0.0789. The molecule has 0 aliphatic heterocycles. The molecule has 0 radical (unpaired) electrons. The Hall–Kier alpha value is -1.10. The summed E-state index contributed by atoms with van der Waals surface area (Å²) in [6, 6.07) is 9.90. The molecule has 1 aliphatic carbocycles. The van der Waals surface area contributed by atoms with E-state index in [4.69, 9.17) is 10.5 Å². The lowest BCUT2D eigenvalue weighted by molar-refractivity contribution is -0.137. The number of carbonyl (C=O) groups is 1. The first-order valence-electron chi connectivity index (χ1n) is 8.14. The van der Waals surface area contributed by atoms with Crippen LogP contribution in [0.25, 0.3) is 0 Å². The molecular weight excluding hydrogens is 312 g/mol. The van der Waals surface area contributed by atoms with Crippen LogP contribution in [-0.2, 0) is 9.53 Å². The minimum Gasteiger partial charge on any atom is -0.381 e. The van der Waals surface area contributed by atoms with E-state index in [1.54, 1.807) is 7.11 Å². The van der Waals surface area contributed by atoms with Crippen LogP contribution in [0, 0.1) is 5.92 Å². The molecular formula is C18H29ClN2O2. The van der Waals surface area contributed by atoms with E-state index in [9.17, 15) is 4.79 Å². The van der Waals surface area contributed by atoms with Crippen molar-refractivity contribution in [2.24, 2.45) is 11.7 Å². The molecule has 4 nitrogen and oxygen atoms in total. The first-order chi connectivity index (χ1) is 10.5. The number of nitrogens with zero attached hydrogens (tertiary/aromatic N) is 1. The topological polar surface area (TPSA) is 55.6 Å². The number of halogens is 1. The Kier molecular flexibility index (Phi) is 8.03. The summed E-state index contributed by atoms with van der Waals surface area (Å²) in [5, 5.41) is 0. The van der Waals surface area contributed by atoms with Crippen molar-refractivity contribution < 1.29 is 9.53 Å². The van der Waals surface area contributed by atoms with Crippen molar-refractivity contribution in [2.45, 2.75) is 50.8 Å². The van der Waals surface area contributed by atoms with Crippen LogP contribution >= 0.6 is 12.4 Å². The van der Waals surface area contributed by atoms with Gasteiger partial charge in [-0.25, -0.2) is 0 Å². The van der Waals surface area contributed by atoms with E-state index in [1.165, 1.54) is 0 Å². The highest BCUT2D eigenvalue weighted by Gasteiger charge is 2.31. The van der Waals surface area contributed by atoms with Gasteiger partial charge in [0.2, 0.25) is 5.91 Å². The summed E-state index contributed by atoms with van der Waals surface area (Å²) < 4.78 is 5.40. The second-order valence-corrected chi connectivity index (χ2v) is 6.34. The highest BCUT2D eigenvalue weighted by Crippen LogP contribution is 2.27. The Morgan fingerprint density at radius 2 is 1.78 bits per heavy atom. The summed E-state index contributed by atoms with van der Waals surface area (Å²) in [6.45, 7) is 1.93. The molecule has 2 unspecified atom stereocenters. The van der Waals surface area contributed by atoms with Gasteiger partial charge in [0, 0.05) is 26.2 Å². The van der Waals surface area contributed by atoms with Crippen LogP contribution in [0.4, 0.5) is 0 Å². The lowest BCUT2D eigenvalue weighted by Gasteiger charge is -2.36. The van der Waals surface area contributed by atoms with Crippen LogP contribution in [0.3, 0.4) is 0 Å². The van der Waals surface area contributed by atoms with Crippen molar-refractivity contribution >= 4 is 18.3 Å². The van der Waals surface area contributed by atoms with E-state index in [-0.39, 0.29) is 30.3 Å². The molecule has 0 spiro atoms. The minimum absolute atomic E-state index is 0. The summed E-state index contributed by atoms with van der Waals surface area (Å²) in [5.41, 5.74) is 7.30. The van der Waals surface area contributed by atoms with Crippen molar-refractivity contribution in [3.8, 4) is 0 Å². The maximum Gasteiger partial charge on any atom is 0.227 e. The number of benzene rings is 1. The zero-order chi connectivity index (χ0) is 16.1. The van der Waals surface area contributed by atoms with Gasteiger partial charge >= 0.3 is 0 Å². The number of carbonyl (C=O) groups excluding carboxylic acids is 1. The highest BCUT2D eigenvalue weighted by molar-refractivity contribution is 5.85. The van der Waals surface area contributed by atoms with Crippen molar-refractivity contribution in [2.75, 3.05) is 14.2 Å². The van der Waals surface area contributed by atoms with Gasteiger partial charge in [0.05, 0.1) is 12.0 Å². The van der Waals surface area contributed by atoms with Gasteiger partial charge in [-0.3, -0.25) is 4.79 Å². The molecule has 2 rings (SSSR count). The SMILES string of the molecule is COC1CCC(N(C)C(=O)C(C)C(N)c2ccccc2)CC1.Cl. The molecule has 0 heterocycles. The smallest absolute Gasteiger partial charge is 0.227 e. The third kappa shape index (κ3) is 4.93. The van der Waals surface area contributed by atoms with Gasteiger partial charge < -0.3 is 15.4 Å². The van der Waals surface area contributed by atoms with Crippen molar-refractivity contribution in [1.82, 2.24) is 4.90 Å². The van der Waals surface area contributed by atoms with Gasteiger partial charge in [-0.2, -0.15) is 0 Å². The van der Waals surface area contributed by atoms with Crippen LogP contribution in [0.2, 0.25) is 0 Å².